The van der Waals surface area contributed by atoms with Gasteiger partial charge >= 0.3 is 0 Å². The number of methoxy groups -OCH3 is 2. The molecule has 3 rings (SSSR count). The molecule has 0 saturated carbocycles. The highest BCUT2D eigenvalue weighted by Crippen LogP contribution is 2.33. The van der Waals surface area contributed by atoms with Gasteiger partial charge in [-0.05, 0) is 65.6 Å². The Hall–Kier alpha value is -3.80. The van der Waals surface area contributed by atoms with E-state index >= 15 is 0 Å². The number of benzene rings is 3. The van der Waals surface area contributed by atoms with Crippen molar-refractivity contribution in [3.63, 3.8) is 0 Å². The summed E-state index contributed by atoms with van der Waals surface area (Å²) in [5.41, 5.74) is 10.7. The molecular weight excluding hydrogens is 395 g/mol. The minimum absolute atomic E-state index is 0.259. The number of nitrogens with one attached hydrogen (secondary N) is 1. The number of hydrogen-bond acceptors (Lipinski definition) is 4. The summed E-state index contributed by atoms with van der Waals surface area (Å²) in [6, 6.07) is 13.4. The highest BCUT2D eigenvalue weighted by molar-refractivity contribution is 6.03. The van der Waals surface area contributed by atoms with E-state index in [1.807, 2.05) is 18.2 Å². The van der Waals surface area contributed by atoms with E-state index in [0.717, 1.165) is 22.3 Å². The molecule has 0 aliphatic heterocycles. The quantitative estimate of drug-likeness (QED) is 0.529. The minimum Gasteiger partial charge on any atom is -0.497 e. The lowest BCUT2D eigenvalue weighted by atomic mass is 9.94. The van der Waals surface area contributed by atoms with E-state index in [0.29, 0.717) is 28.3 Å². The molecule has 0 spiro atoms. The van der Waals surface area contributed by atoms with Crippen molar-refractivity contribution in [2.75, 3.05) is 20.0 Å². The van der Waals surface area contributed by atoms with Gasteiger partial charge in [0.05, 0.1) is 25.5 Å². The summed E-state index contributed by atoms with van der Waals surface area (Å²) in [6.07, 6.45) is 1.64. The third kappa shape index (κ3) is 4.86. The molecule has 0 aliphatic rings. The van der Waals surface area contributed by atoms with Gasteiger partial charge in [-0.1, -0.05) is 18.7 Å². The number of carbonyl (C=O) groups excluding carboxylic acids is 1. The van der Waals surface area contributed by atoms with Gasteiger partial charge in [0.15, 0.2) is 0 Å². The fraction of sp³-hybridized carbons (Fsp3) is 0.160. The summed E-state index contributed by atoms with van der Waals surface area (Å²) in [4.78, 5) is 13.0. The van der Waals surface area contributed by atoms with Gasteiger partial charge in [0.1, 0.15) is 17.3 Å². The van der Waals surface area contributed by atoms with Gasteiger partial charge in [-0.3, -0.25) is 4.79 Å². The number of halogens is 1. The number of ether oxygens (including phenoxy) is 2. The smallest absolute Gasteiger partial charge is 0.253 e. The van der Waals surface area contributed by atoms with Crippen molar-refractivity contribution < 1.29 is 18.7 Å². The van der Waals surface area contributed by atoms with Crippen molar-refractivity contribution in [1.82, 2.24) is 5.32 Å². The maximum atomic E-state index is 13.6. The van der Waals surface area contributed by atoms with Crippen molar-refractivity contribution in [1.29, 1.82) is 0 Å². The van der Waals surface area contributed by atoms with Crippen molar-refractivity contribution in [3.05, 3.63) is 83.2 Å². The third-order valence-corrected chi connectivity index (χ3v) is 5.03. The molecule has 1 amide bonds. The Balaban J connectivity index is 1.93. The monoisotopic (exact) mass is 420 g/mol. The Labute approximate surface area is 181 Å². The molecule has 3 aromatic rings. The zero-order chi connectivity index (χ0) is 22.5. The van der Waals surface area contributed by atoms with E-state index < -0.39 is 0 Å². The fourth-order valence-electron chi connectivity index (χ4n) is 3.38. The average molecular weight is 420 g/mol. The second-order valence-corrected chi connectivity index (χ2v) is 7.10. The lowest BCUT2D eigenvalue weighted by Crippen LogP contribution is -2.24. The number of anilines is 1. The molecule has 0 unspecified atom stereocenters. The van der Waals surface area contributed by atoms with Crippen LogP contribution in [-0.4, -0.2) is 20.1 Å². The van der Waals surface area contributed by atoms with Crippen LogP contribution in [0.25, 0.3) is 17.2 Å². The normalized spacial score (nSPS) is 10.5. The fourth-order valence-corrected chi connectivity index (χ4v) is 3.38. The molecule has 0 heterocycles. The van der Waals surface area contributed by atoms with Crippen LogP contribution < -0.4 is 20.5 Å². The Morgan fingerprint density at radius 2 is 1.74 bits per heavy atom. The summed E-state index contributed by atoms with van der Waals surface area (Å²) < 4.78 is 24.1. The molecule has 0 atom stereocenters. The Kier molecular flexibility index (Phi) is 6.60. The number of aryl methyl sites for hydroxylation is 1. The molecule has 31 heavy (non-hydrogen) atoms. The lowest BCUT2D eigenvalue weighted by Gasteiger charge is -2.15. The van der Waals surface area contributed by atoms with E-state index in [4.69, 9.17) is 15.2 Å². The zero-order valence-corrected chi connectivity index (χ0v) is 17.8. The Bertz CT molecular complexity index is 1120. The molecule has 3 aromatic carbocycles. The first-order valence-corrected chi connectivity index (χ1v) is 9.69. The van der Waals surface area contributed by atoms with Crippen molar-refractivity contribution in [3.8, 4) is 22.6 Å². The molecular formula is C25H25FN2O3. The molecule has 6 heteroatoms. The van der Waals surface area contributed by atoms with E-state index in [1.165, 1.54) is 12.1 Å². The molecule has 3 N–H and O–H groups in total. The van der Waals surface area contributed by atoms with Crippen LogP contribution in [0.15, 0.2) is 55.1 Å². The van der Waals surface area contributed by atoms with Crippen LogP contribution in [0.2, 0.25) is 0 Å². The number of carbonyl (C=O) groups is 1. The Morgan fingerprint density at radius 3 is 2.32 bits per heavy atom. The highest BCUT2D eigenvalue weighted by Gasteiger charge is 2.17. The summed E-state index contributed by atoms with van der Waals surface area (Å²) in [5, 5.41) is 2.89. The van der Waals surface area contributed by atoms with Crippen molar-refractivity contribution >= 4 is 17.7 Å². The molecule has 0 aliphatic carbocycles. The van der Waals surface area contributed by atoms with E-state index in [1.54, 1.807) is 45.4 Å². The SMILES string of the molecule is C=Cc1cc(C(=O)NCc2cc(OC)cc(OC)c2)c(N)c(-c2ccc(F)cc2C)c1. The van der Waals surface area contributed by atoms with E-state index in [9.17, 15) is 9.18 Å². The topological polar surface area (TPSA) is 73.6 Å². The largest absolute Gasteiger partial charge is 0.497 e. The summed E-state index contributed by atoms with van der Waals surface area (Å²) >= 11 is 0. The van der Waals surface area contributed by atoms with Crippen LogP contribution in [0.5, 0.6) is 11.5 Å². The number of hydrogen-bond donors (Lipinski definition) is 2. The molecule has 160 valence electrons. The molecule has 0 fully saturated rings. The van der Waals surface area contributed by atoms with Crippen LogP contribution >= 0.6 is 0 Å². The van der Waals surface area contributed by atoms with E-state index in [-0.39, 0.29) is 18.3 Å². The number of rotatable bonds is 7. The van der Waals surface area contributed by atoms with Gasteiger partial charge < -0.3 is 20.5 Å². The minimum atomic E-state index is -0.330. The van der Waals surface area contributed by atoms with Gasteiger partial charge in [-0.25, -0.2) is 4.39 Å². The first-order valence-electron chi connectivity index (χ1n) is 9.69. The Morgan fingerprint density at radius 1 is 1.06 bits per heavy atom. The molecule has 5 nitrogen and oxygen atoms in total. The second kappa shape index (κ2) is 9.34. The van der Waals surface area contributed by atoms with Gasteiger partial charge in [-0.15, -0.1) is 0 Å². The average Bonchev–Trinajstić information content (AvgIpc) is 2.77. The standard InChI is InChI=1S/C25H25FN2O3/c1-5-16-11-22(21-7-6-18(26)8-15(21)2)24(27)23(12-16)25(29)28-14-17-9-19(30-3)13-20(10-17)31-4/h5-13H,1,14,27H2,2-4H3,(H,28,29). The predicted octanol–water partition coefficient (Wildman–Crippen LogP) is 4.97. The summed E-state index contributed by atoms with van der Waals surface area (Å²) in [5.74, 6) is 0.604. The van der Waals surface area contributed by atoms with Crippen molar-refractivity contribution in [2.24, 2.45) is 0 Å². The zero-order valence-electron chi connectivity index (χ0n) is 17.8. The van der Waals surface area contributed by atoms with Gasteiger partial charge in [0.25, 0.3) is 5.91 Å². The third-order valence-electron chi connectivity index (χ3n) is 5.03. The highest BCUT2D eigenvalue weighted by atomic mass is 19.1. The van der Waals surface area contributed by atoms with Gasteiger partial charge in [0, 0.05) is 18.2 Å². The summed E-state index contributed by atoms with van der Waals surface area (Å²) in [6.45, 7) is 5.86. The molecule has 0 saturated heterocycles. The summed E-state index contributed by atoms with van der Waals surface area (Å²) in [7, 11) is 3.13. The van der Waals surface area contributed by atoms with Crippen LogP contribution in [-0.2, 0) is 6.54 Å². The lowest BCUT2D eigenvalue weighted by molar-refractivity contribution is 0.0951. The number of nitrogens with two attached hydrogens (primary N) is 1. The van der Waals surface area contributed by atoms with Gasteiger partial charge in [-0.2, -0.15) is 0 Å². The number of amides is 1. The van der Waals surface area contributed by atoms with Crippen LogP contribution in [0.1, 0.15) is 27.0 Å². The molecule has 0 aromatic heterocycles. The van der Waals surface area contributed by atoms with Crippen LogP contribution in [0.4, 0.5) is 10.1 Å². The van der Waals surface area contributed by atoms with Gasteiger partial charge in [0.2, 0.25) is 0 Å². The molecule has 0 bridgehead atoms. The first-order chi connectivity index (χ1) is 14.9. The van der Waals surface area contributed by atoms with E-state index in [2.05, 4.69) is 11.9 Å². The number of nitrogen functional groups attached to an aromatic ring is 1. The van der Waals surface area contributed by atoms with Crippen molar-refractivity contribution in [2.45, 2.75) is 13.5 Å². The predicted molar refractivity (Wildman–Crippen MR) is 122 cm³/mol. The molecule has 0 radical (unpaired) electrons. The maximum Gasteiger partial charge on any atom is 0.253 e. The first kappa shape index (κ1) is 21.9. The van der Waals surface area contributed by atoms with Crippen LogP contribution in [0.3, 0.4) is 0 Å². The second-order valence-electron chi connectivity index (χ2n) is 7.10. The van der Waals surface area contributed by atoms with Crippen LogP contribution in [0, 0.1) is 12.7 Å². The maximum absolute atomic E-state index is 13.6.